The molecule has 2 aromatic rings. The van der Waals surface area contributed by atoms with Crippen molar-refractivity contribution in [1.82, 2.24) is 10.2 Å². The molecule has 0 radical (unpaired) electrons. The van der Waals surface area contributed by atoms with Gasteiger partial charge in [-0.15, -0.1) is 0 Å². The second-order valence-electron chi connectivity index (χ2n) is 6.12. The van der Waals surface area contributed by atoms with Gasteiger partial charge in [0.15, 0.2) is 11.5 Å². The maximum absolute atomic E-state index is 12.2. The molecule has 1 aromatic heterocycles. The monoisotopic (exact) mass is 386 g/mol. The van der Waals surface area contributed by atoms with Crippen LogP contribution in [0, 0.1) is 0 Å². The van der Waals surface area contributed by atoms with Crippen molar-refractivity contribution < 1.29 is 14.3 Å². The number of nitrogens with zero attached hydrogens (tertiary/aromatic N) is 1. The van der Waals surface area contributed by atoms with Crippen LogP contribution >= 0.6 is 11.3 Å². The average molecular weight is 387 g/mol. The summed E-state index contributed by atoms with van der Waals surface area (Å²) >= 11 is 1.66. The van der Waals surface area contributed by atoms with Crippen molar-refractivity contribution in [3.8, 4) is 11.5 Å². The Kier molecular flexibility index (Phi) is 8.10. The topological polar surface area (TPSA) is 50.8 Å². The van der Waals surface area contributed by atoms with E-state index >= 15 is 0 Å². The molecule has 1 N–H and O–H groups in total. The Morgan fingerprint density at radius 1 is 1.33 bits per heavy atom. The van der Waals surface area contributed by atoms with E-state index in [1.807, 2.05) is 37.7 Å². The zero-order valence-corrected chi connectivity index (χ0v) is 16.8. The number of ether oxygens (including phenoxy) is 2. The van der Waals surface area contributed by atoms with Gasteiger partial charge in [0.2, 0.25) is 5.91 Å². The summed E-state index contributed by atoms with van der Waals surface area (Å²) < 4.78 is 10.9. The third kappa shape index (κ3) is 6.27. The number of carbonyl (C=O) groups is 1. The Balaban J connectivity index is 1.96. The molecule has 0 saturated heterocycles. The summed E-state index contributed by atoms with van der Waals surface area (Å²) in [6.45, 7) is 4.58. The molecule has 1 amide bonds. The number of hydrogen-bond acceptors (Lipinski definition) is 5. The van der Waals surface area contributed by atoms with Gasteiger partial charge in [0.05, 0.1) is 13.2 Å². The third-order valence-electron chi connectivity index (χ3n) is 3.99. The molecule has 0 aliphatic rings. The maximum Gasteiger partial charge on any atom is 0.244 e. The molecule has 1 unspecified atom stereocenters. The van der Waals surface area contributed by atoms with Crippen LogP contribution in [0.25, 0.3) is 6.08 Å². The van der Waals surface area contributed by atoms with E-state index < -0.39 is 0 Å². The zero-order valence-electron chi connectivity index (χ0n) is 16.0. The van der Waals surface area contributed by atoms with Crippen molar-refractivity contribution in [2.24, 2.45) is 0 Å². The number of likely N-dealkylation sites (N-methyl/N-ethyl adjacent to an activating group) is 1. The molecule has 2 rings (SSSR count). The van der Waals surface area contributed by atoms with Crippen molar-refractivity contribution in [1.29, 1.82) is 0 Å². The Morgan fingerprint density at radius 3 is 2.78 bits per heavy atom. The fourth-order valence-electron chi connectivity index (χ4n) is 2.55. The number of hydrogen-bond donors (Lipinski definition) is 1. The molecule has 0 aliphatic carbocycles. The molecule has 0 spiro atoms. The van der Waals surface area contributed by atoms with Crippen molar-refractivity contribution >= 4 is 23.3 Å². The summed E-state index contributed by atoms with van der Waals surface area (Å²) in [6, 6.07) is 7.75. The van der Waals surface area contributed by atoms with Crippen LogP contribution in [-0.4, -0.2) is 45.2 Å². The lowest BCUT2D eigenvalue weighted by Gasteiger charge is -2.23. The van der Waals surface area contributed by atoms with Crippen LogP contribution in [-0.2, 0) is 4.79 Å². The molecule has 1 heterocycles. The van der Waals surface area contributed by atoms with E-state index in [0.29, 0.717) is 24.7 Å². The normalized spacial score (nSPS) is 12.1. The smallest absolute Gasteiger partial charge is 0.244 e. The molecule has 0 fully saturated rings. The Bertz CT molecular complexity index is 770. The van der Waals surface area contributed by atoms with Gasteiger partial charge < -0.3 is 19.7 Å². The fraction of sp³-hybridized carbons (Fsp3) is 0.286. The number of rotatable bonds is 10. The molecule has 0 aliphatic heterocycles. The van der Waals surface area contributed by atoms with E-state index in [9.17, 15) is 4.79 Å². The van der Waals surface area contributed by atoms with Gasteiger partial charge in [0.1, 0.15) is 6.61 Å². The van der Waals surface area contributed by atoms with Gasteiger partial charge in [0, 0.05) is 12.6 Å². The zero-order chi connectivity index (χ0) is 19.6. The lowest BCUT2D eigenvalue weighted by molar-refractivity contribution is -0.116. The highest BCUT2D eigenvalue weighted by Gasteiger charge is 2.14. The summed E-state index contributed by atoms with van der Waals surface area (Å²) in [7, 11) is 5.60. The Labute approximate surface area is 164 Å². The molecule has 0 bridgehead atoms. The van der Waals surface area contributed by atoms with E-state index in [4.69, 9.17) is 9.47 Å². The minimum absolute atomic E-state index is 0.136. The highest BCUT2D eigenvalue weighted by atomic mass is 32.1. The number of carbonyl (C=O) groups excluding carboxylic acids is 1. The first-order valence-corrected chi connectivity index (χ1v) is 9.55. The summed E-state index contributed by atoms with van der Waals surface area (Å²) in [5, 5.41) is 7.11. The predicted molar refractivity (Wildman–Crippen MR) is 111 cm³/mol. The minimum atomic E-state index is -0.136. The highest BCUT2D eigenvalue weighted by molar-refractivity contribution is 7.07. The van der Waals surface area contributed by atoms with Gasteiger partial charge in [0.25, 0.3) is 0 Å². The van der Waals surface area contributed by atoms with Crippen molar-refractivity contribution in [2.45, 2.75) is 6.04 Å². The molecule has 1 aromatic carbocycles. The first-order valence-electron chi connectivity index (χ1n) is 8.61. The average Bonchev–Trinajstić information content (AvgIpc) is 3.19. The van der Waals surface area contributed by atoms with Crippen LogP contribution in [0.1, 0.15) is 17.2 Å². The van der Waals surface area contributed by atoms with Gasteiger partial charge in [-0.05, 0) is 60.3 Å². The van der Waals surface area contributed by atoms with Crippen molar-refractivity contribution in [2.75, 3.05) is 34.4 Å². The predicted octanol–water partition coefficient (Wildman–Crippen LogP) is 3.75. The van der Waals surface area contributed by atoms with E-state index in [-0.39, 0.29) is 11.9 Å². The lowest BCUT2D eigenvalue weighted by atomic mass is 10.1. The number of nitrogens with one attached hydrogen (secondary N) is 1. The first-order chi connectivity index (χ1) is 13.0. The molecule has 6 heteroatoms. The van der Waals surface area contributed by atoms with E-state index in [1.54, 1.807) is 30.6 Å². The molecular formula is C21H26N2O3S. The first kappa shape index (κ1) is 20.7. The highest BCUT2D eigenvalue weighted by Crippen LogP contribution is 2.28. The molecule has 144 valence electrons. The fourth-order valence-corrected chi connectivity index (χ4v) is 3.25. The van der Waals surface area contributed by atoms with Crippen LogP contribution in [0.2, 0.25) is 0 Å². The molecule has 27 heavy (non-hydrogen) atoms. The van der Waals surface area contributed by atoms with Crippen LogP contribution in [0.5, 0.6) is 11.5 Å². The number of thiophene rings is 1. The van der Waals surface area contributed by atoms with E-state index in [1.165, 1.54) is 11.6 Å². The van der Waals surface area contributed by atoms with Gasteiger partial charge >= 0.3 is 0 Å². The second kappa shape index (κ2) is 10.5. The van der Waals surface area contributed by atoms with Crippen molar-refractivity contribution in [3.63, 3.8) is 0 Å². The maximum atomic E-state index is 12.2. The van der Waals surface area contributed by atoms with Crippen molar-refractivity contribution in [3.05, 3.63) is 64.9 Å². The third-order valence-corrected chi connectivity index (χ3v) is 4.69. The van der Waals surface area contributed by atoms with Crippen LogP contribution in [0.3, 0.4) is 0 Å². The van der Waals surface area contributed by atoms with Crippen LogP contribution < -0.4 is 14.8 Å². The summed E-state index contributed by atoms with van der Waals surface area (Å²) in [5.41, 5.74) is 2.06. The lowest BCUT2D eigenvalue weighted by Crippen LogP contribution is -2.33. The quantitative estimate of drug-likeness (QED) is 0.499. The molecule has 0 saturated carbocycles. The SMILES string of the molecule is C=CCOc1ccc(/C=C/C(=O)NCC(c2ccsc2)N(C)C)cc1OC. The second-order valence-corrected chi connectivity index (χ2v) is 6.90. The summed E-state index contributed by atoms with van der Waals surface area (Å²) in [5.74, 6) is 1.12. The minimum Gasteiger partial charge on any atom is -0.493 e. The number of methoxy groups -OCH3 is 1. The Hall–Kier alpha value is -2.57. The van der Waals surface area contributed by atoms with Gasteiger partial charge in [-0.2, -0.15) is 11.3 Å². The van der Waals surface area contributed by atoms with Gasteiger partial charge in [-0.1, -0.05) is 18.7 Å². The number of benzene rings is 1. The molecular weight excluding hydrogens is 360 g/mol. The summed E-state index contributed by atoms with van der Waals surface area (Å²) in [6.07, 6.45) is 4.96. The standard InChI is InChI=1S/C21H26N2O3S/c1-5-11-26-19-8-6-16(13-20(19)25-4)7-9-21(24)22-14-18(23(2)3)17-10-12-27-15-17/h5-10,12-13,15,18H,1,11,14H2,2-4H3,(H,22,24)/b9-7+. The van der Waals surface area contributed by atoms with Crippen LogP contribution in [0.15, 0.2) is 53.8 Å². The largest absolute Gasteiger partial charge is 0.493 e. The van der Waals surface area contributed by atoms with Crippen LogP contribution in [0.4, 0.5) is 0 Å². The Morgan fingerprint density at radius 2 is 2.15 bits per heavy atom. The number of amides is 1. The van der Waals surface area contributed by atoms with Gasteiger partial charge in [-0.3, -0.25) is 4.79 Å². The van der Waals surface area contributed by atoms with Gasteiger partial charge in [-0.25, -0.2) is 0 Å². The molecule has 1 atom stereocenters. The summed E-state index contributed by atoms with van der Waals surface area (Å²) in [4.78, 5) is 14.3. The molecule has 5 nitrogen and oxygen atoms in total. The van der Waals surface area contributed by atoms with E-state index in [0.717, 1.165) is 5.56 Å². The van der Waals surface area contributed by atoms with E-state index in [2.05, 4.69) is 28.2 Å².